The lowest BCUT2D eigenvalue weighted by Crippen LogP contribution is -2.38. The first-order valence-corrected chi connectivity index (χ1v) is 16.5. The Morgan fingerprint density at radius 1 is 1.00 bits per heavy atom. The molecule has 12 heteroatoms. The highest BCUT2D eigenvalue weighted by atomic mass is 32.2. The molecule has 0 atom stereocenters. The molecule has 0 unspecified atom stereocenters. The molecule has 0 spiro atoms. The van der Waals surface area contributed by atoms with Crippen LogP contribution < -0.4 is 25.0 Å². The highest BCUT2D eigenvalue weighted by molar-refractivity contribution is 7.92. The zero-order valence-electron chi connectivity index (χ0n) is 25.5. The van der Waals surface area contributed by atoms with Crippen LogP contribution in [0.3, 0.4) is 0 Å². The maximum absolute atomic E-state index is 13.7. The van der Waals surface area contributed by atoms with Gasteiger partial charge in [0.2, 0.25) is 10.0 Å². The summed E-state index contributed by atoms with van der Waals surface area (Å²) in [6.45, 7) is 0.577. The van der Waals surface area contributed by atoms with Crippen LogP contribution in [0.5, 0.6) is 0 Å². The first-order valence-electron chi connectivity index (χ1n) is 14.9. The number of aryl methyl sites for hydroxylation is 1. The van der Waals surface area contributed by atoms with Crippen molar-refractivity contribution in [2.75, 3.05) is 52.4 Å². The number of aliphatic hydroxyl groups excluding tert-OH is 1. The summed E-state index contributed by atoms with van der Waals surface area (Å²) >= 11 is 0. The van der Waals surface area contributed by atoms with Gasteiger partial charge in [0.05, 0.1) is 29.9 Å². The number of benzene rings is 2. The fraction of sp³-hybridized carbons (Fsp3) is 0.303. The molecule has 2 aliphatic heterocycles. The van der Waals surface area contributed by atoms with E-state index in [9.17, 15) is 23.1 Å². The Labute approximate surface area is 262 Å². The van der Waals surface area contributed by atoms with Gasteiger partial charge in [-0.2, -0.15) is 0 Å². The van der Waals surface area contributed by atoms with Crippen LogP contribution in [0, 0.1) is 0 Å². The summed E-state index contributed by atoms with van der Waals surface area (Å²) in [5.74, 6) is 0.376. The van der Waals surface area contributed by atoms with Gasteiger partial charge >= 0.3 is 0 Å². The zero-order valence-corrected chi connectivity index (χ0v) is 26.3. The van der Waals surface area contributed by atoms with Gasteiger partial charge < -0.3 is 24.8 Å². The molecule has 2 aliphatic rings. The number of rotatable bonds is 7. The van der Waals surface area contributed by atoms with Crippen molar-refractivity contribution in [2.45, 2.75) is 25.9 Å². The summed E-state index contributed by atoms with van der Waals surface area (Å²) < 4.78 is 27.8. The number of anilines is 5. The van der Waals surface area contributed by atoms with Crippen LogP contribution in [-0.4, -0.2) is 61.9 Å². The maximum Gasteiger partial charge on any atom is 0.274 e. The molecule has 0 radical (unpaired) electrons. The molecule has 45 heavy (non-hydrogen) atoms. The third-order valence-corrected chi connectivity index (χ3v) is 10.3. The number of carbonyl (C=O) groups is 1. The average molecular weight is 629 g/mol. The van der Waals surface area contributed by atoms with Gasteiger partial charge in [-0.15, -0.1) is 0 Å². The lowest BCUT2D eigenvalue weighted by atomic mass is 9.94. The Kier molecular flexibility index (Phi) is 8.10. The number of hydrogen-bond acceptors (Lipinski definition) is 8. The fourth-order valence-corrected chi connectivity index (χ4v) is 7.65. The van der Waals surface area contributed by atoms with Gasteiger partial charge in [-0.1, -0.05) is 12.1 Å². The van der Waals surface area contributed by atoms with E-state index in [0.29, 0.717) is 65.4 Å². The largest absolute Gasteiger partial charge is 0.392 e. The Morgan fingerprint density at radius 3 is 2.53 bits per heavy atom. The average Bonchev–Trinajstić information content (AvgIpc) is 3.03. The number of carbonyl (C=O) groups excluding carboxylic acids is 1. The molecule has 4 aromatic rings. The van der Waals surface area contributed by atoms with Crippen LogP contribution in [0.15, 0.2) is 71.8 Å². The molecule has 4 heterocycles. The highest BCUT2D eigenvalue weighted by Gasteiger charge is 2.29. The summed E-state index contributed by atoms with van der Waals surface area (Å²) in [5.41, 5.74) is 5.69. The van der Waals surface area contributed by atoms with E-state index in [-0.39, 0.29) is 29.5 Å². The molecule has 11 nitrogen and oxygen atoms in total. The van der Waals surface area contributed by atoms with Gasteiger partial charge in [-0.25, -0.2) is 13.4 Å². The quantitative estimate of drug-likeness (QED) is 0.316. The van der Waals surface area contributed by atoms with E-state index >= 15 is 0 Å². The lowest BCUT2D eigenvalue weighted by Gasteiger charge is -2.31. The van der Waals surface area contributed by atoms with Crippen molar-refractivity contribution < 1.29 is 18.3 Å². The minimum atomic E-state index is -3.37. The van der Waals surface area contributed by atoms with Crippen molar-refractivity contribution in [3.63, 3.8) is 0 Å². The Hall–Kier alpha value is -4.68. The van der Waals surface area contributed by atoms with Crippen LogP contribution in [0.1, 0.15) is 34.3 Å². The first-order chi connectivity index (χ1) is 21.6. The molecule has 0 saturated carbocycles. The molecule has 2 aromatic heterocycles. The van der Waals surface area contributed by atoms with Gasteiger partial charge in [0.1, 0.15) is 11.5 Å². The molecular weight excluding hydrogens is 592 g/mol. The van der Waals surface area contributed by atoms with E-state index in [1.807, 2.05) is 55.4 Å². The van der Waals surface area contributed by atoms with Gasteiger partial charge in [-0.05, 0) is 72.9 Å². The summed E-state index contributed by atoms with van der Waals surface area (Å²) in [6, 6.07) is 16.4. The van der Waals surface area contributed by atoms with Gasteiger partial charge in [0.15, 0.2) is 0 Å². The van der Waals surface area contributed by atoms with Crippen LogP contribution in [0.2, 0.25) is 0 Å². The predicted octanol–water partition coefficient (Wildman–Crippen LogP) is 3.88. The lowest BCUT2D eigenvalue weighted by molar-refractivity contribution is 0.0980. The number of aliphatic hydroxyl groups is 1. The normalized spacial score (nSPS) is 16.0. The molecule has 234 valence electrons. The summed E-state index contributed by atoms with van der Waals surface area (Å²) in [7, 11) is 2.21. The first kappa shape index (κ1) is 30.4. The van der Waals surface area contributed by atoms with Crippen LogP contribution in [-0.2, 0) is 30.1 Å². The van der Waals surface area contributed by atoms with E-state index < -0.39 is 10.0 Å². The molecule has 0 bridgehead atoms. The van der Waals surface area contributed by atoms with E-state index in [0.717, 1.165) is 17.7 Å². The van der Waals surface area contributed by atoms with Crippen molar-refractivity contribution in [1.82, 2.24) is 9.55 Å². The molecule has 1 saturated heterocycles. The minimum Gasteiger partial charge on any atom is -0.392 e. The second kappa shape index (κ2) is 12.0. The minimum absolute atomic E-state index is 0.115. The number of nitrogens with one attached hydrogen (secondary N) is 1. The van der Waals surface area contributed by atoms with Crippen molar-refractivity contribution in [2.24, 2.45) is 7.05 Å². The third kappa shape index (κ3) is 5.78. The topological polar surface area (TPSA) is 128 Å². The molecule has 1 fully saturated rings. The monoisotopic (exact) mass is 628 g/mol. The second-order valence-electron chi connectivity index (χ2n) is 11.6. The highest BCUT2D eigenvalue weighted by Crippen LogP contribution is 2.35. The Morgan fingerprint density at radius 2 is 1.82 bits per heavy atom. The van der Waals surface area contributed by atoms with Crippen LogP contribution in [0.4, 0.5) is 28.6 Å². The number of sulfonamides is 1. The number of hydrogen-bond donors (Lipinski definition) is 2. The van der Waals surface area contributed by atoms with Gasteiger partial charge in [0.25, 0.3) is 11.5 Å². The van der Waals surface area contributed by atoms with E-state index in [1.165, 1.54) is 15.1 Å². The summed E-state index contributed by atoms with van der Waals surface area (Å²) in [6.07, 6.45) is 5.30. The van der Waals surface area contributed by atoms with E-state index in [4.69, 9.17) is 0 Å². The molecule has 1 amide bonds. The SMILES string of the molecule is CN(C)c1ccc2c(c1)CCN(c1cccc(-c3cc(Nc4ccc(N5CCCCS5(=O)=O)cn4)c(=O)n(C)c3)c1CO)C2=O. The molecule has 2 N–H and O–H groups in total. The fourth-order valence-electron chi connectivity index (χ4n) is 6.02. The van der Waals surface area contributed by atoms with E-state index in [2.05, 4.69) is 10.3 Å². The van der Waals surface area contributed by atoms with Crippen molar-refractivity contribution in [3.8, 4) is 11.1 Å². The zero-order chi connectivity index (χ0) is 31.9. The Balaban J connectivity index is 1.31. The molecular formula is C33H36N6O5S. The van der Waals surface area contributed by atoms with Crippen molar-refractivity contribution in [3.05, 3.63) is 94.0 Å². The van der Waals surface area contributed by atoms with Crippen LogP contribution in [0.25, 0.3) is 11.1 Å². The van der Waals surface area contributed by atoms with Crippen LogP contribution >= 0.6 is 0 Å². The number of fused-ring (bicyclic) bond motifs is 1. The standard InChI is InChI=1S/C33H36N6O5S/c1-36(2)24-9-11-27-22(17-24)13-15-38(32(27)41)30-8-6-7-26(28(30)21-40)23-18-29(33(42)37(3)20-23)35-31-12-10-25(19-34-31)39-14-4-5-16-45(39,43)44/h6-12,17-20,40H,4-5,13-16,21H2,1-3H3,(H,34,35). The molecule has 2 aromatic carbocycles. The number of nitrogens with zero attached hydrogens (tertiary/aromatic N) is 5. The predicted molar refractivity (Wildman–Crippen MR) is 177 cm³/mol. The van der Waals surface area contributed by atoms with Crippen molar-refractivity contribution >= 4 is 44.5 Å². The second-order valence-corrected chi connectivity index (χ2v) is 13.6. The molecule has 0 aliphatic carbocycles. The third-order valence-electron chi connectivity index (χ3n) is 8.43. The maximum atomic E-state index is 13.7. The summed E-state index contributed by atoms with van der Waals surface area (Å²) in [5, 5.41) is 13.7. The molecule has 6 rings (SSSR count). The number of aromatic nitrogens is 2. The number of pyridine rings is 2. The summed E-state index contributed by atoms with van der Waals surface area (Å²) in [4.78, 5) is 34.9. The van der Waals surface area contributed by atoms with Gasteiger partial charge in [-0.3, -0.25) is 13.9 Å². The Bertz CT molecular complexity index is 1940. The van der Waals surface area contributed by atoms with Gasteiger partial charge in [0, 0.05) is 62.8 Å². The number of amides is 1. The van der Waals surface area contributed by atoms with Crippen molar-refractivity contribution in [1.29, 1.82) is 0 Å². The smallest absolute Gasteiger partial charge is 0.274 e. The van der Waals surface area contributed by atoms with E-state index in [1.54, 1.807) is 36.3 Å².